The summed E-state index contributed by atoms with van der Waals surface area (Å²) < 4.78 is 0. The largest absolute Gasteiger partial charge is 0.358 e. The number of aromatic nitrogens is 1. The van der Waals surface area contributed by atoms with Crippen LogP contribution >= 0.6 is 0 Å². The molecule has 4 rings (SSSR count). The van der Waals surface area contributed by atoms with Crippen molar-refractivity contribution >= 4 is 10.9 Å². The van der Waals surface area contributed by atoms with E-state index in [0.717, 1.165) is 6.54 Å². The molecule has 1 aliphatic carbocycles. The molecule has 0 saturated heterocycles. The summed E-state index contributed by atoms with van der Waals surface area (Å²) in [6.45, 7) is 3.32. The van der Waals surface area contributed by atoms with Gasteiger partial charge in [0.05, 0.1) is 0 Å². The van der Waals surface area contributed by atoms with Gasteiger partial charge in [-0.2, -0.15) is 0 Å². The molecule has 2 aliphatic rings. The van der Waals surface area contributed by atoms with Gasteiger partial charge in [-0.15, -0.1) is 0 Å². The highest BCUT2D eigenvalue weighted by Gasteiger charge is 2.42. The molecular formula is C17H20N2. The van der Waals surface area contributed by atoms with Crippen molar-refractivity contribution in [2.75, 3.05) is 6.54 Å². The molecule has 1 aromatic heterocycles. The van der Waals surface area contributed by atoms with Gasteiger partial charge >= 0.3 is 0 Å². The van der Waals surface area contributed by atoms with Gasteiger partial charge in [0.15, 0.2) is 0 Å². The SMILES string of the molecule is CC[C@@]12C=CCN[C@@H]1c1c([nH]c3ccccc13)CC2. The second-order valence-electron chi connectivity index (χ2n) is 5.89. The average Bonchev–Trinajstić information content (AvgIpc) is 2.85. The van der Waals surface area contributed by atoms with Gasteiger partial charge in [-0.1, -0.05) is 37.3 Å². The summed E-state index contributed by atoms with van der Waals surface area (Å²) in [5.74, 6) is 0. The normalized spacial score (nSPS) is 29.2. The first-order chi connectivity index (χ1) is 9.34. The minimum Gasteiger partial charge on any atom is -0.358 e. The summed E-state index contributed by atoms with van der Waals surface area (Å²) in [6.07, 6.45) is 8.40. The lowest BCUT2D eigenvalue weighted by Gasteiger charge is -2.44. The monoisotopic (exact) mass is 252 g/mol. The Morgan fingerprint density at radius 3 is 3.11 bits per heavy atom. The van der Waals surface area contributed by atoms with Gasteiger partial charge in [0.1, 0.15) is 0 Å². The number of para-hydroxylation sites is 1. The lowest BCUT2D eigenvalue weighted by molar-refractivity contribution is 0.209. The van der Waals surface area contributed by atoms with Gasteiger partial charge in [-0.25, -0.2) is 0 Å². The highest BCUT2D eigenvalue weighted by molar-refractivity contribution is 5.85. The Bertz CT molecular complexity index is 652. The van der Waals surface area contributed by atoms with E-state index in [1.165, 1.54) is 41.4 Å². The third kappa shape index (κ3) is 1.47. The van der Waals surface area contributed by atoms with E-state index in [4.69, 9.17) is 0 Å². The molecule has 2 heterocycles. The van der Waals surface area contributed by atoms with Gasteiger partial charge in [-0.05, 0) is 30.9 Å². The van der Waals surface area contributed by atoms with Crippen LogP contribution in [0.15, 0.2) is 36.4 Å². The summed E-state index contributed by atoms with van der Waals surface area (Å²) in [4.78, 5) is 3.63. The molecular weight excluding hydrogens is 232 g/mol. The van der Waals surface area contributed by atoms with E-state index in [-0.39, 0.29) is 0 Å². The van der Waals surface area contributed by atoms with Crippen molar-refractivity contribution in [2.45, 2.75) is 32.2 Å². The zero-order valence-corrected chi connectivity index (χ0v) is 11.4. The molecule has 1 aromatic carbocycles. The maximum absolute atomic E-state index is 3.74. The topological polar surface area (TPSA) is 27.8 Å². The Kier molecular flexibility index (Phi) is 2.36. The van der Waals surface area contributed by atoms with Crippen LogP contribution in [0.25, 0.3) is 10.9 Å². The van der Waals surface area contributed by atoms with E-state index in [0.29, 0.717) is 11.5 Å². The Morgan fingerprint density at radius 2 is 2.21 bits per heavy atom. The fourth-order valence-corrected chi connectivity index (χ4v) is 4.00. The lowest BCUT2D eigenvalue weighted by atomic mass is 9.66. The maximum Gasteiger partial charge on any atom is 0.0459 e. The van der Waals surface area contributed by atoms with Crippen LogP contribution < -0.4 is 5.32 Å². The summed E-state index contributed by atoms with van der Waals surface area (Å²) in [7, 11) is 0. The predicted molar refractivity (Wildman–Crippen MR) is 79.2 cm³/mol. The van der Waals surface area contributed by atoms with Crippen LogP contribution in [0.1, 0.15) is 37.1 Å². The standard InChI is InChI=1S/C17H20N2/c1-2-17-9-5-11-18-16(17)15-12-6-3-4-7-13(12)19-14(15)8-10-17/h3-7,9,16,18-19H,2,8,10-11H2,1H3/t16-,17+/m1/s1. The molecule has 2 heteroatoms. The Morgan fingerprint density at radius 1 is 1.32 bits per heavy atom. The second kappa shape index (κ2) is 3.97. The van der Waals surface area contributed by atoms with Crippen molar-refractivity contribution < 1.29 is 0 Å². The number of aromatic amines is 1. The summed E-state index contributed by atoms with van der Waals surface area (Å²) >= 11 is 0. The van der Waals surface area contributed by atoms with Crippen LogP contribution in [-0.4, -0.2) is 11.5 Å². The minimum atomic E-state index is 0.316. The van der Waals surface area contributed by atoms with Crippen molar-refractivity contribution in [1.82, 2.24) is 10.3 Å². The molecule has 19 heavy (non-hydrogen) atoms. The van der Waals surface area contributed by atoms with Crippen molar-refractivity contribution in [1.29, 1.82) is 0 Å². The highest BCUT2D eigenvalue weighted by Crippen LogP contribution is 2.50. The van der Waals surface area contributed by atoms with E-state index < -0.39 is 0 Å². The van der Waals surface area contributed by atoms with Crippen molar-refractivity contribution in [3.05, 3.63) is 47.7 Å². The predicted octanol–water partition coefficient (Wildman–Crippen LogP) is 3.71. The molecule has 0 unspecified atom stereocenters. The second-order valence-corrected chi connectivity index (χ2v) is 5.89. The number of hydrogen-bond donors (Lipinski definition) is 2. The number of rotatable bonds is 1. The van der Waals surface area contributed by atoms with Crippen LogP contribution in [-0.2, 0) is 6.42 Å². The van der Waals surface area contributed by atoms with Gasteiger partial charge in [-0.3, -0.25) is 0 Å². The van der Waals surface area contributed by atoms with Gasteiger partial charge < -0.3 is 10.3 Å². The van der Waals surface area contributed by atoms with E-state index in [1.54, 1.807) is 0 Å². The molecule has 2 nitrogen and oxygen atoms in total. The fraction of sp³-hybridized carbons (Fsp3) is 0.412. The molecule has 2 aromatic rings. The molecule has 0 bridgehead atoms. The Labute approximate surface area is 113 Å². The van der Waals surface area contributed by atoms with Crippen LogP contribution in [0.3, 0.4) is 0 Å². The van der Waals surface area contributed by atoms with Crippen molar-refractivity contribution in [3.8, 4) is 0 Å². The number of aryl methyl sites for hydroxylation is 1. The van der Waals surface area contributed by atoms with Crippen LogP contribution in [0.2, 0.25) is 0 Å². The van der Waals surface area contributed by atoms with Gasteiger partial charge in [0.2, 0.25) is 0 Å². The zero-order valence-electron chi connectivity index (χ0n) is 11.4. The van der Waals surface area contributed by atoms with Gasteiger partial charge in [0, 0.05) is 34.6 Å². The molecule has 1 aliphatic heterocycles. The van der Waals surface area contributed by atoms with Gasteiger partial charge in [0.25, 0.3) is 0 Å². The first-order valence-corrected chi connectivity index (χ1v) is 7.34. The molecule has 2 atom stereocenters. The number of nitrogens with one attached hydrogen (secondary N) is 2. The van der Waals surface area contributed by atoms with E-state index in [9.17, 15) is 0 Å². The molecule has 0 saturated carbocycles. The van der Waals surface area contributed by atoms with E-state index in [2.05, 4.69) is 53.6 Å². The molecule has 98 valence electrons. The average molecular weight is 252 g/mol. The molecule has 0 radical (unpaired) electrons. The highest BCUT2D eigenvalue weighted by atomic mass is 15.0. The quantitative estimate of drug-likeness (QED) is 0.744. The maximum atomic E-state index is 3.74. The molecule has 0 amide bonds. The Balaban J connectivity index is 1.97. The first-order valence-electron chi connectivity index (χ1n) is 7.34. The number of hydrogen-bond acceptors (Lipinski definition) is 1. The minimum absolute atomic E-state index is 0.316. The summed E-state index contributed by atoms with van der Waals surface area (Å²) in [5, 5.41) is 5.15. The Hall–Kier alpha value is -1.54. The summed E-state index contributed by atoms with van der Waals surface area (Å²) in [6, 6.07) is 9.20. The third-order valence-electron chi connectivity index (χ3n) is 5.08. The van der Waals surface area contributed by atoms with E-state index >= 15 is 0 Å². The molecule has 0 fully saturated rings. The number of fused-ring (bicyclic) bond motifs is 5. The smallest absolute Gasteiger partial charge is 0.0459 e. The molecule has 2 N–H and O–H groups in total. The van der Waals surface area contributed by atoms with Crippen LogP contribution in [0.4, 0.5) is 0 Å². The van der Waals surface area contributed by atoms with Crippen molar-refractivity contribution in [2.24, 2.45) is 5.41 Å². The van der Waals surface area contributed by atoms with E-state index in [1.807, 2.05) is 0 Å². The zero-order chi connectivity index (χ0) is 12.9. The third-order valence-corrected chi connectivity index (χ3v) is 5.08. The lowest BCUT2D eigenvalue weighted by Crippen LogP contribution is -2.43. The summed E-state index contributed by atoms with van der Waals surface area (Å²) in [5.41, 5.74) is 4.57. The first kappa shape index (κ1) is 11.3. The number of H-pyrrole nitrogens is 1. The van der Waals surface area contributed by atoms with Crippen LogP contribution in [0, 0.1) is 5.41 Å². The molecule has 0 spiro atoms. The number of benzene rings is 1. The van der Waals surface area contributed by atoms with Crippen LogP contribution in [0.5, 0.6) is 0 Å². The fourth-order valence-electron chi connectivity index (χ4n) is 4.00. The van der Waals surface area contributed by atoms with Crippen molar-refractivity contribution in [3.63, 3.8) is 0 Å².